The summed E-state index contributed by atoms with van der Waals surface area (Å²) in [5.41, 5.74) is 0.598. The van der Waals surface area contributed by atoms with E-state index in [0.717, 1.165) is 5.06 Å². The van der Waals surface area contributed by atoms with Crippen LogP contribution in [0.4, 0.5) is 5.69 Å². The number of para-hydroxylation sites is 1. The second-order valence-electron chi connectivity index (χ2n) is 2.35. The predicted molar refractivity (Wildman–Crippen MR) is 54.9 cm³/mol. The second kappa shape index (κ2) is 4.79. The lowest BCUT2D eigenvalue weighted by Crippen LogP contribution is -2.27. The van der Waals surface area contributed by atoms with Gasteiger partial charge in [0.2, 0.25) is 0 Å². The minimum Gasteiger partial charge on any atom is -0.470 e. The molecule has 0 saturated heterocycles. The van der Waals surface area contributed by atoms with Gasteiger partial charge in [-0.3, -0.25) is 5.21 Å². The molecule has 0 amide bonds. The lowest BCUT2D eigenvalue weighted by molar-refractivity contribution is 0.248. The number of rotatable bonds is 2. The van der Waals surface area contributed by atoms with Crippen LogP contribution in [0.15, 0.2) is 30.3 Å². The first-order chi connectivity index (χ1) is 6.25. The molecule has 0 aliphatic heterocycles. The lowest BCUT2D eigenvalue weighted by Gasteiger charge is -2.16. The number of benzene rings is 1. The Bertz CT molecular complexity index is 276. The fourth-order valence-electron chi connectivity index (χ4n) is 0.859. The Morgan fingerprint density at radius 2 is 2.08 bits per heavy atom. The lowest BCUT2D eigenvalue weighted by atomic mass is 10.3. The normalized spacial score (nSPS) is 9.38. The van der Waals surface area contributed by atoms with Crippen molar-refractivity contribution in [2.24, 2.45) is 0 Å². The summed E-state index contributed by atoms with van der Waals surface area (Å²) in [4.78, 5) is 0. The SMILES string of the molecule is CCOC(=S)N(O)c1ccccc1. The summed E-state index contributed by atoms with van der Waals surface area (Å²) >= 11 is 4.81. The van der Waals surface area contributed by atoms with Gasteiger partial charge in [0.05, 0.1) is 12.3 Å². The third-order valence-corrected chi connectivity index (χ3v) is 1.73. The van der Waals surface area contributed by atoms with E-state index in [1.807, 2.05) is 25.1 Å². The van der Waals surface area contributed by atoms with Crippen molar-refractivity contribution in [1.82, 2.24) is 0 Å². The van der Waals surface area contributed by atoms with Gasteiger partial charge in [0.15, 0.2) is 0 Å². The number of ether oxygens (including phenoxy) is 1. The smallest absolute Gasteiger partial charge is 0.288 e. The minimum absolute atomic E-state index is 0.0636. The Balaban J connectivity index is 2.68. The maximum atomic E-state index is 9.49. The van der Waals surface area contributed by atoms with Crippen LogP contribution >= 0.6 is 12.2 Å². The van der Waals surface area contributed by atoms with Crippen LogP contribution in [-0.4, -0.2) is 17.0 Å². The number of hydrogen-bond acceptors (Lipinski definition) is 3. The molecule has 0 spiro atoms. The Morgan fingerprint density at radius 1 is 1.46 bits per heavy atom. The highest BCUT2D eigenvalue weighted by Gasteiger charge is 2.08. The van der Waals surface area contributed by atoms with Crippen LogP contribution in [0.1, 0.15) is 6.92 Å². The van der Waals surface area contributed by atoms with E-state index >= 15 is 0 Å². The molecule has 3 nitrogen and oxygen atoms in total. The van der Waals surface area contributed by atoms with Gasteiger partial charge in [0.1, 0.15) is 0 Å². The summed E-state index contributed by atoms with van der Waals surface area (Å²) < 4.78 is 4.97. The van der Waals surface area contributed by atoms with E-state index in [9.17, 15) is 5.21 Å². The second-order valence-corrected chi connectivity index (χ2v) is 2.70. The monoisotopic (exact) mass is 197 g/mol. The first-order valence-electron chi connectivity index (χ1n) is 3.96. The minimum atomic E-state index is 0.0636. The average molecular weight is 197 g/mol. The molecule has 0 bridgehead atoms. The summed E-state index contributed by atoms with van der Waals surface area (Å²) in [6.07, 6.45) is 0. The molecule has 0 aliphatic carbocycles. The van der Waals surface area contributed by atoms with Gasteiger partial charge in [0, 0.05) is 0 Å². The van der Waals surface area contributed by atoms with Crippen LogP contribution in [-0.2, 0) is 4.74 Å². The standard InChI is InChI=1S/C9H11NO2S/c1-2-12-9(13)10(11)8-6-4-3-5-7-8/h3-7,11H,2H2,1H3. The predicted octanol–water partition coefficient (Wildman–Crippen LogP) is 2.20. The van der Waals surface area contributed by atoms with Gasteiger partial charge in [-0.2, -0.15) is 5.06 Å². The maximum Gasteiger partial charge on any atom is 0.288 e. The highest BCUT2D eigenvalue weighted by Crippen LogP contribution is 2.11. The molecule has 1 rings (SSSR count). The summed E-state index contributed by atoms with van der Waals surface area (Å²) in [6, 6.07) is 8.97. The van der Waals surface area contributed by atoms with E-state index < -0.39 is 0 Å². The van der Waals surface area contributed by atoms with Gasteiger partial charge in [-0.25, -0.2) is 0 Å². The summed E-state index contributed by atoms with van der Waals surface area (Å²) in [6.45, 7) is 2.26. The van der Waals surface area contributed by atoms with Crippen molar-refractivity contribution in [3.63, 3.8) is 0 Å². The number of nitrogens with zero attached hydrogens (tertiary/aromatic N) is 1. The molecule has 0 unspecified atom stereocenters. The summed E-state index contributed by atoms with van der Waals surface area (Å²) in [7, 11) is 0. The van der Waals surface area contributed by atoms with E-state index in [1.165, 1.54) is 0 Å². The molecule has 0 radical (unpaired) electrons. The Hall–Kier alpha value is -1.13. The molecule has 0 atom stereocenters. The van der Waals surface area contributed by atoms with Crippen LogP contribution < -0.4 is 5.06 Å². The molecule has 0 aromatic heterocycles. The van der Waals surface area contributed by atoms with Crippen molar-refractivity contribution in [3.8, 4) is 0 Å². The van der Waals surface area contributed by atoms with Crippen LogP contribution in [0.25, 0.3) is 0 Å². The molecule has 0 fully saturated rings. The Kier molecular flexibility index (Phi) is 3.67. The zero-order chi connectivity index (χ0) is 9.68. The average Bonchev–Trinajstić information content (AvgIpc) is 2.18. The van der Waals surface area contributed by atoms with Gasteiger partial charge < -0.3 is 4.74 Å². The highest BCUT2D eigenvalue weighted by atomic mass is 32.1. The van der Waals surface area contributed by atoms with Gasteiger partial charge in [-0.1, -0.05) is 18.2 Å². The number of anilines is 1. The van der Waals surface area contributed by atoms with Crippen LogP contribution in [0, 0.1) is 0 Å². The topological polar surface area (TPSA) is 32.7 Å². The molecule has 0 heterocycles. The third kappa shape index (κ3) is 2.68. The van der Waals surface area contributed by atoms with Crippen molar-refractivity contribution in [2.75, 3.05) is 11.7 Å². The molecule has 0 aliphatic rings. The van der Waals surface area contributed by atoms with Crippen molar-refractivity contribution in [1.29, 1.82) is 0 Å². The van der Waals surface area contributed by atoms with Crippen LogP contribution in [0.2, 0.25) is 0 Å². The molecule has 0 saturated carbocycles. The number of hydroxylamine groups is 1. The highest BCUT2D eigenvalue weighted by molar-refractivity contribution is 7.80. The molecule has 70 valence electrons. The zero-order valence-electron chi connectivity index (χ0n) is 7.30. The Morgan fingerprint density at radius 3 is 2.62 bits per heavy atom. The van der Waals surface area contributed by atoms with E-state index in [-0.39, 0.29) is 5.17 Å². The first kappa shape index (κ1) is 9.95. The third-order valence-electron chi connectivity index (χ3n) is 1.44. The van der Waals surface area contributed by atoms with E-state index in [1.54, 1.807) is 12.1 Å². The molecular weight excluding hydrogens is 186 g/mol. The van der Waals surface area contributed by atoms with Crippen molar-refractivity contribution >= 4 is 23.1 Å². The molecule has 1 aromatic rings. The molecule has 1 aromatic carbocycles. The van der Waals surface area contributed by atoms with Crippen molar-refractivity contribution < 1.29 is 9.94 Å². The largest absolute Gasteiger partial charge is 0.470 e. The van der Waals surface area contributed by atoms with E-state index in [2.05, 4.69) is 0 Å². The Labute approximate surface area is 82.5 Å². The van der Waals surface area contributed by atoms with Crippen LogP contribution in [0.3, 0.4) is 0 Å². The summed E-state index contributed by atoms with van der Waals surface area (Å²) in [5.74, 6) is 0. The molecular formula is C9H11NO2S. The zero-order valence-corrected chi connectivity index (χ0v) is 8.12. The summed E-state index contributed by atoms with van der Waals surface area (Å²) in [5, 5.41) is 10.4. The van der Waals surface area contributed by atoms with Gasteiger partial charge >= 0.3 is 0 Å². The maximum absolute atomic E-state index is 9.49. The van der Waals surface area contributed by atoms with Gasteiger partial charge in [0.25, 0.3) is 5.17 Å². The molecule has 4 heteroatoms. The quantitative estimate of drug-likeness (QED) is 0.582. The van der Waals surface area contributed by atoms with E-state index in [4.69, 9.17) is 17.0 Å². The fraction of sp³-hybridized carbons (Fsp3) is 0.222. The molecule has 1 N–H and O–H groups in total. The van der Waals surface area contributed by atoms with E-state index in [0.29, 0.717) is 12.3 Å². The number of thiocarbonyl (C=S) groups is 1. The molecule has 13 heavy (non-hydrogen) atoms. The fourth-order valence-corrected chi connectivity index (χ4v) is 1.08. The van der Waals surface area contributed by atoms with Crippen molar-refractivity contribution in [3.05, 3.63) is 30.3 Å². The number of hydrogen-bond donors (Lipinski definition) is 1. The van der Waals surface area contributed by atoms with Gasteiger partial charge in [-0.05, 0) is 31.3 Å². The van der Waals surface area contributed by atoms with Crippen LogP contribution in [0.5, 0.6) is 0 Å². The van der Waals surface area contributed by atoms with Crippen molar-refractivity contribution in [2.45, 2.75) is 6.92 Å². The van der Waals surface area contributed by atoms with Gasteiger partial charge in [-0.15, -0.1) is 0 Å². The first-order valence-corrected chi connectivity index (χ1v) is 4.37.